The summed E-state index contributed by atoms with van der Waals surface area (Å²) in [5.41, 5.74) is 4.15. The topological polar surface area (TPSA) is 55.8 Å². The first-order chi connectivity index (χ1) is 15.9. The van der Waals surface area contributed by atoms with Crippen molar-refractivity contribution in [3.05, 3.63) is 45.3 Å². The molecule has 0 amide bonds. The van der Waals surface area contributed by atoms with Gasteiger partial charge in [-0.2, -0.15) is 0 Å². The summed E-state index contributed by atoms with van der Waals surface area (Å²) in [5, 5.41) is 0.422. The van der Waals surface area contributed by atoms with Crippen LogP contribution in [0.4, 0.5) is 0 Å². The van der Waals surface area contributed by atoms with Gasteiger partial charge in [-0.25, -0.2) is 0 Å². The zero-order valence-electron chi connectivity index (χ0n) is 21.4. The van der Waals surface area contributed by atoms with E-state index in [9.17, 15) is 9.59 Å². The van der Waals surface area contributed by atoms with E-state index in [1.807, 2.05) is 19.1 Å². The molecule has 0 atom stereocenters. The molecule has 0 aromatic heterocycles. The molecule has 0 radical (unpaired) electrons. The van der Waals surface area contributed by atoms with Crippen LogP contribution >= 0.6 is 11.6 Å². The van der Waals surface area contributed by atoms with Crippen molar-refractivity contribution >= 4 is 23.2 Å². The van der Waals surface area contributed by atoms with Crippen LogP contribution in [0.2, 0.25) is 5.02 Å². The van der Waals surface area contributed by atoms with E-state index in [0.29, 0.717) is 36.0 Å². The summed E-state index contributed by atoms with van der Waals surface area (Å²) < 4.78 is 11.3. The Bertz CT molecular complexity index is 1060. The Morgan fingerprint density at radius 2 is 1.47 bits per heavy atom. The third kappa shape index (κ3) is 4.17. The first kappa shape index (κ1) is 24.8. The quantitative estimate of drug-likeness (QED) is 0.479. The molecule has 1 aliphatic heterocycles. The largest absolute Gasteiger partial charge is 0.493 e. The molecular weight excluding hydrogens is 450 g/mol. The van der Waals surface area contributed by atoms with Crippen molar-refractivity contribution in [2.45, 2.75) is 73.1 Å². The predicted molar refractivity (Wildman–Crippen MR) is 134 cm³/mol. The molecule has 0 bridgehead atoms. The van der Waals surface area contributed by atoms with Crippen LogP contribution in [0.1, 0.15) is 78.7 Å². The highest BCUT2D eigenvalue weighted by Crippen LogP contribution is 2.55. The number of ether oxygens (including phenoxy) is 2. The van der Waals surface area contributed by atoms with Crippen LogP contribution in [0.5, 0.6) is 11.5 Å². The van der Waals surface area contributed by atoms with Gasteiger partial charge in [-0.3, -0.25) is 9.59 Å². The lowest BCUT2D eigenvalue weighted by molar-refractivity contribution is -0.119. The second-order valence-electron chi connectivity index (χ2n) is 11.2. The number of allylic oxidation sites excluding steroid dienone is 4. The number of hydrogen-bond donors (Lipinski definition) is 0. The molecule has 1 aromatic carbocycles. The molecule has 0 saturated carbocycles. The Morgan fingerprint density at radius 1 is 0.941 bits per heavy atom. The molecule has 34 heavy (non-hydrogen) atoms. The van der Waals surface area contributed by atoms with Gasteiger partial charge in [-0.15, -0.1) is 0 Å². The van der Waals surface area contributed by atoms with Crippen LogP contribution in [0, 0.1) is 10.8 Å². The summed E-state index contributed by atoms with van der Waals surface area (Å²) in [6.07, 6.45) is 2.52. The lowest BCUT2D eigenvalue weighted by atomic mass is 9.63. The Kier molecular flexibility index (Phi) is 6.39. The van der Waals surface area contributed by atoms with Crippen LogP contribution in [-0.4, -0.2) is 36.7 Å². The Labute approximate surface area is 208 Å². The van der Waals surface area contributed by atoms with Crippen molar-refractivity contribution in [1.29, 1.82) is 0 Å². The summed E-state index contributed by atoms with van der Waals surface area (Å²) in [7, 11) is 1.58. The predicted octanol–water partition coefficient (Wildman–Crippen LogP) is 6.45. The van der Waals surface area contributed by atoms with Crippen LogP contribution in [0.15, 0.2) is 34.7 Å². The van der Waals surface area contributed by atoms with E-state index in [1.165, 1.54) is 0 Å². The minimum absolute atomic E-state index is 0.114. The number of benzene rings is 1. The molecule has 0 fully saturated rings. The highest BCUT2D eigenvalue weighted by atomic mass is 35.5. The van der Waals surface area contributed by atoms with Gasteiger partial charge < -0.3 is 14.4 Å². The molecule has 184 valence electrons. The fraction of sp³-hybridized carbons (Fsp3) is 0.571. The highest BCUT2D eigenvalue weighted by Gasteiger charge is 2.48. The van der Waals surface area contributed by atoms with Gasteiger partial charge in [0.05, 0.1) is 18.7 Å². The summed E-state index contributed by atoms with van der Waals surface area (Å²) >= 11 is 6.66. The second-order valence-corrected chi connectivity index (χ2v) is 11.7. The molecule has 0 unspecified atom stereocenters. The fourth-order valence-corrected chi connectivity index (χ4v) is 6.23. The van der Waals surface area contributed by atoms with E-state index in [-0.39, 0.29) is 22.4 Å². The van der Waals surface area contributed by atoms with Crippen molar-refractivity contribution < 1.29 is 19.1 Å². The smallest absolute Gasteiger partial charge is 0.179 e. The number of carbonyl (C=O) groups is 2. The Balaban J connectivity index is 2.00. The zero-order chi connectivity index (χ0) is 25.0. The third-order valence-corrected chi connectivity index (χ3v) is 7.49. The number of carbonyl (C=O) groups excluding carboxylic acids is 2. The molecule has 6 heteroatoms. The minimum atomic E-state index is -0.443. The number of nitrogens with zero attached hydrogens (tertiary/aromatic N) is 1. The monoisotopic (exact) mass is 485 g/mol. The van der Waals surface area contributed by atoms with Gasteiger partial charge in [0.25, 0.3) is 0 Å². The Hall–Kier alpha value is -2.27. The molecule has 5 nitrogen and oxygen atoms in total. The summed E-state index contributed by atoms with van der Waals surface area (Å²) in [5.74, 6) is 0.781. The van der Waals surface area contributed by atoms with E-state index in [0.717, 1.165) is 47.5 Å². The van der Waals surface area contributed by atoms with Gasteiger partial charge in [0.15, 0.2) is 23.1 Å². The SMILES string of the molecule is CCOc1c(Cl)cc(C2C3=C(CC(C)(C)CC3=O)N(CC)C3=C2C(=O)CC(C)(C)C3)cc1OC. The van der Waals surface area contributed by atoms with Gasteiger partial charge in [0.1, 0.15) is 0 Å². The van der Waals surface area contributed by atoms with E-state index in [4.69, 9.17) is 21.1 Å². The van der Waals surface area contributed by atoms with Crippen LogP contribution in [0.25, 0.3) is 0 Å². The van der Waals surface area contributed by atoms with Crippen LogP contribution in [0.3, 0.4) is 0 Å². The molecule has 1 aromatic rings. The lowest BCUT2D eigenvalue weighted by Gasteiger charge is -2.49. The summed E-state index contributed by atoms with van der Waals surface area (Å²) in [4.78, 5) is 29.7. The van der Waals surface area contributed by atoms with Crippen LogP contribution in [-0.2, 0) is 9.59 Å². The van der Waals surface area contributed by atoms with Gasteiger partial charge in [-0.1, -0.05) is 39.3 Å². The van der Waals surface area contributed by atoms with Crippen molar-refractivity contribution in [3.8, 4) is 11.5 Å². The van der Waals surface area contributed by atoms with Crippen molar-refractivity contribution in [3.63, 3.8) is 0 Å². The Morgan fingerprint density at radius 3 is 1.91 bits per heavy atom. The molecule has 0 spiro atoms. The molecule has 0 N–H and O–H groups in total. The maximum absolute atomic E-state index is 13.7. The van der Waals surface area contributed by atoms with Gasteiger partial charge in [0.2, 0.25) is 0 Å². The maximum Gasteiger partial charge on any atom is 0.179 e. The molecule has 4 rings (SSSR count). The standard InChI is InChI=1S/C28H36ClNO4/c1-8-30-18-12-27(3,4)14-20(31)24(18)23(25-19(30)13-28(5,6)15-21(25)32)16-10-17(29)26(34-9-2)22(11-16)33-7/h10-11,23H,8-9,12-15H2,1-7H3. The lowest BCUT2D eigenvalue weighted by Crippen LogP contribution is -2.44. The van der Waals surface area contributed by atoms with Crippen molar-refractivity contribution in [1.82, 2.24) is 4.90 Å². The van der Waals surface area contributed by atoms with Crippen LogP contribution < -0.4 is 9.47 Å². The van der Waals surface area contributed by atoms with Gasteiger partial charge in [0, 0.05) is 47.8 Å². The summed E-state index contributed by atoms with van der Waals surface area (Å²) in [6.45, 7) is 13.8. The van der Waals surface area contributed by atoms with E-state index in [1.54, 1.807) is 7.11 Å². The maximum atomic E-state index is 13.7. The van der Waals surface area contributed by atoms with Crippen molar-refractivity contribution in [2.24, 2.45) is 10.8 Å². The van der Waals surface area contributed by atoms with E-state index >= 15 is 0 Å². The molecular formula is C28H36ClNO4. The molecule has 2 aliphatic carbocycles. The van der Waals surface area contributed by atoms with Crippen molar-refractivity contribution in [2.75, 3.05) is 20.3 Å². The number of halogens is 1. The fourth-order valence-electron chi connectivity index (χ4n) is 5.95. The van der Waals surface area contributed by atoms with Gasteiger partial charge in [-0.05, 0) is 55.2 Å². The number of Topliss-reactive ketones (excluding diaryl/α,β-unsaturated/α-hetero) is 2. The normalized spacial score (nSPS) is 22.1. The second kappa shape index (κ2) is 8.75. The minimum Gasteiger partial charge on any atom is -0.493 e. The highest BCUT2D eigenvalue weighted by molar-refractivity contribution is 6.32. The number of methoxy groups -OCH3 is 1. The molecule has 0 saturated heterocycles. The first-order valence-corrected chi connectivity index (χ1v) is 12.6. The average molecular weight is 486 g/mol. The molecule has 3 aliphatic rings. The number of rotatable bonds is 5. The first-order valence-electron chi connectivity index (χ1n) is 12.2. The van der Waals surface area contributed by atoms with E-state index < -0.39 is 5.92 Å². The average Bonchev–Trinajstić information content (AvgIpc) is 2.72. The van der Waals surface area contributed by atoms with Gasteiger partial charge >= 0.3 is 0 Å². The van der Waals surface area contributed by atoms with E-state index in [2.05, 4.69) is 39.5 Å². The summed E-state index contributed by atoms with van der Waals surface area (Å²) in [6, 6.07) is 3.73. The number of ketones is 2. The molecule has 1 heterocycles. The third-order valence-electron chi connectivity index (χ3n) is 7.21. The number of hydrogen-bond acceptors (Lipinski definition) is 5. The zero-order valence-corrected chi connectivity index (χ0v) is 22.2.